The number of carbonyl (C=O) groups excluding carboxylic acids is 2. The Hall–Kier alpha value is -2.53. The van der Waals surface area contributed by atoms with Crippen LogP contribution in [0.5, 0.6) is 0 Å². The minimum absolute atomic E-state index is 0.248. The van der Waals surface area contributed by atoms with Crippen molar-refractivity contribution in [3.63, 3.8) is 0 Å². The number of hydrogen-bond acceptors (Lipinski definition) is 4. The molecular formula is C17H17ClN2O3. The fraction of sp³-hybridized carbons (Fsp3) is 0.176. The Bertz CT molecular complexity index is 704. The van der Waals surface area contributed by atoms with Crippen LogP contribution in [0.1, 0.15) is 15.9 Å². The van der Waals surface area contributed by atoms with Gasteiger partial charge in [-0.3, -0.25) is 4.79 Å². The lowest BCUT2D eigenvalue weighted by Crippen LogP contribution is -2.43. The van der Waals surface area contributed by atoms with Gasteiger partial charge in [0.2, 0.25) is 0 Å². The van der Waals surface area contributed by atoms with E-state index in [2.05, 4.69) is 5.32 Å². The largest absolute Gasteiger partial charge is 0.467 e. The van der Waals surface area contributed by atoms with Crippen molar-refractivity contribution in [1.29, 1.82) is 0 Å². The molecule has 0 aliphatic heterocycles. The van der Waals surface area contributed by atoms with Crippen LogP contribution in [-0.4, -0.2) is 25.0 Å². The van der Waals surface area contributed by atoms with E-state index in [0.29, 0.717) is 11.4 Å². The van der Waals surface area contributed by atoms with Gasteiger partial charge >= 0.3 is 5.97 Å². The highest BCUT2D eigenvalue weighted by Crippen LogP contribution is 2.18. The lowest BCUT2D eigenvalue weighted by atomic mass is 10.1. The van der Waals surface area contributed by atoms with Crippen LogP contribution in [-0.2, 0) is 16.0 Å². The second-order valence-electron chi connectivity index (χ2n) is 4.97. The van der Waals surface area contributed by atoms with E-state index >= 15 is 0 Å². The summed E-state index contributed by atoms with van der Waals surface area (Å²) in [5.41, 5.74) is 7.22. The van der Waals surface area contributed by atoms with Gasteiger partial charge in [-0.05, 0) is 23.8 Å². The van der Waals surface area contributed by atoms with Crippen molar-refractivity contribution in [2.45, 2.75) is 12.5 Å². The van der Waals surface area contributed by atoms with Gasteiger partial charge in [-0.2, -0.15) is 0 Å². The summed E-state index contributed by atoms with van der Waals surface area (Å²) in [6.45, 7) is 0. The molecule has 120 valence electrons. The number of halogens is 1. The first kappa shape index (κ1) is 16.8. The molecule has 0 bridgehead atoms. The molecule has 5 nitrogen and oxygen atoms in total. The third kappa shape index (κ3) is 4.47. The Balaban J connectivity index is 2.17. The number of nitrogens with two attached hydrogens (primary N) is 1. The standard InChI is InChI=1S/C17H17ClN2O3/c1-23-17(22)15(9-11-5-3-2-4-6-11)20-16(21)13-8-7-12(18)10-14(13)19/h2-8,10,15H,9,19H2,1H3,(H,20,21)/t15-/m0/s1. The van der Waals surface area contributed by atoms with Crippen molar-refractivity contribution in [3.05, 3.63) is 64.7 Å². The van der Waals surface area contributed by atoms with Gasteiger partial charge in [0.1, 0.15) is 6.04 Å². The Kier molecular flexibility index (Phi) is 5.60. The van der Waals surface area contributed by atoms with Crippen molar-refractivity contribution < 1.29 is 14.3 Å². The van der Waals surface area contributed by atoms with Gasteiger partial charge in [-0.15, -0.1) is 0 Å². The van der Waals surface area contributed by atoms with E-state index in [4.69, 9.17) is 22.1 Å². The molecule has 6 heteroatoms. The van der Waals surface area contributed by atoms with Crippen LogP contribution in [0.3, 0.4) is 0 Å². The third-order valence-corrected chi connectivity index (χ3v) is 3.57. The predicted octanol–water partition coefficient (Wildman–Crippen LogP) is 2.44. The van der Waals surface area contributed by atoms with Crippen molar-refractivity contribution >= 4 is 29.2 Å². The highest BCUT2D eigenvalue weighted by atomic mass is 35.5. The first-order valence-electron chi connectivity index (χ1n) is 6.99. The molecule has 0 radical (unpaired) electrons. The van der Waals surface area contributed by atoms with Crippen LogP contribution in [0.4, 0.5) is 5.69 Å². The molecule has 0 saturated heterocycles. The van der Waals surface area contributed by atoms with Crippen molar-refractivity contribution in [2.75, 3.05) is 12.8 Å². The molecule has 3 N–H and O–H groups in total. The Morgan fingerprint density at radius 2 is 1.91 bits per heavy atom. The lowest BCUT2D eigenvalue weighted by molar-refractivity contribution is -0.142. The number of hydrogen-bond donors (Lipinski definition) is 2. The zero-order chi connectivity index (χ0) is 16.8. The number of methoxy groups -OCH3 is 1. The minimum atomic E-state index is -0.801. The van der Waals surface area contributed by atoms with E-state index in [0.717, 1.165) is 5.56 Å². The van der Waals surface area contributed by atoms with Crippen LogP contribution < -0.4 is 11.1 Å². The summed E-state index contributed by atoms with van der Waals surface area (Å²) in [7, 11) is 1.28. The molecule has 0 aromatic heterocycles. The highest BCUT2D eigenvalue weighted by molar-refractivity contribution is 6.31. The monoisotopic (exact) mass is 332 g/mol. The summed E-state index contributed by atoms with van der Waals surface area (Å²) in [6.07, 6.45) is 0.326. The van der Waals surface area contributed by atoms with E-state index in [1.54, 1.807) is 6.07 Å². The fourth-order valence-electron chi connectivity index (χ4n) is 2.16. The minimum Gasteiger partial charge on any atom is -0.467 e. The third-order valence-electron chi connectivity index (χ3n) is 3.33. The highest BCUT2D eigenvalue weighted by Gasteiger charge is 2.23. The molecule has 2 aromatic carbocycles. The van der Waals surface area contributed by atoms with Crippen molar-refractivity contribution in [1.82, 2.24) is 5.32 Å². The van der Waals surface area contributed by atoms with Crippen LogP contribution in [0.25, 0.3) is 0 Å². The maximum Gasteiger partial charge on any atom is 0.328 e. The number of ether oxygens (including phenoxy) is 1. The van der Waals surface area contributed by atoms with Gasteiger partial charge in [0.15, 0.2) is 0 Å². The zero-order valence-corrected chi connectivity index (χ0v) is 13.3. The maximum atomic E-state index is 12.4. The molecular weight excluding hydrogens is 316 g/mol. The smallest absolute Gasteiger partial charge is 0.328 e. The second kappa shape index (κ2) is 7.65. The quantitative estimate of drug-likeness (QED) is 0.651. The normalized spacial score (nSPS) is 11.6. The number of anilines is 1. The summed E-state index contributed by atoms with van der Waals surface area (Å²) >= 11 is 5.82. The molecule has 23 heavy (non-hydrogen) atoms. The maximum absolute atomic E-state index is 12.4. The van der Waals surface area contributed by atoms with Gasteiger partial charge in [-0.25, -0.2) is 4.79 Å². The SMILES string of the molecule is COC(=O)[C@H](Cc1ccccc1)NC(=O)c1ccc(Cl)cc1N. The second-order valence-corrected chi connectivity index (χ2v) is 5.41. The molecule has 1 atom stereocenters. The summed E-state index contributed by atoms with van der Waals surface area (Å²) < 4.78 is 4.76. The summed E-state index contributed by atoms with van der Waals surface area (Å²) in [4.78, 5) is 24.3. The number of amides is 1. The predicted molar refractivity (Wildman–Crippen MR) is 89.3 cm³/mol. The average Bonchev–Trinajstić information content (AvgIpc) is 2.54. The van der Waals surface area contributed by atoms with Crippen LogP contribution in [0.2, 0.25) is 5.02 Å². The average molecular weight is 333 g/mol. The van der Waals surface area contributed by atoms with Crippen LogP contribution in [0, 0.1) is 0 Å². The van der Waals surface area contributed by atoms with E-state index in [9.17, 15) is 9.59 Å². The zero-order valence-electron chi connectivity index (χ0n) is 12.6. The molecule has 0 saturated carbocycles. The van der Waals surface area contributed by atoms with Crippen molar-refractivity contribution in [3.8, 4) is 0 Å². The number of rotatable bonds is 5. The lowest BCUT2D eigenvalue weighted by Gasteiger charge is -2.17. The molecule has 0 aliphatic rings. The van der Waals surface area contributed by atoms with E-state index in [-0.39, 0.29) is 11.3 Å². The van der Waals surface area contributed by atoms with Gasteiger partial charge in [0.25, 0.3) is 5.91 Å². The number of esters is 1. The van der Waals surface area contributed by atoms with Crippen LogP contribution in [0.15, 0.2) is 48.5 Å². The molecule has 2 aromatic rings. The first-order chi connectivity index (χ1) is 11.0. The van der Waals surface area contributed by atoms with Gasteiger partial charge in [-0.1, -0.05) is 41.9 Å². The van der Waals surface area contributed by atoms with Gasteiger partial charge < -0.3 is 15.8 Å². The van der Waals surface area contributed by atoms with Crippen LogP contribution >= 0.6 is 11.6 Å². The summed E-state index contributed by atoms with van der Waals surface area (Å²) in [5, 5.41) is 3.09. The number of nitrogens with one attached hydrogen (secondary N) is 1. The van der Waals surface area contributed by atoms with Gasteiger partial charge in [0, 0.05) is 17.1 Å². The van der Waals surface area contributed by atoms with Crippen molar-refractivity contribution in [2.24, 2.45) is 0 Å². The fourth-order valence-corrected chi connectivity index (χ4v) is 2.34. The molecule has 0 aliphatic carbocycles. The Labute approximate surface area is 139 Å². The topological polar surface area (TPSA) is 81.4 Å². The number of carbonyl (C=O) groups is 2. The van der Waals surface area contributed by atoms with E-state index in [1.807, 2.05) is 30.3 Å². The molecule has 0 spiro atoms. The number of nitrogen functional groups attached to an aromatic ring is 1. The Morgan fingerprint density at radius 1 is 1.22 bits per heavy atom. The molecule has 0 unspecified atom stereocenters. The summed E-state index contributed by atoms with van der Waals surface area (Å²) in [5.74, 6) is -0.972. The van der Waals surface area contributed by atoms with E-state index in [1.165, 1.54) is 19.2 Å². The van der Waals surface area contributed by atoms with E-state index < -0.39 is 17.9 Å². The molecule has 1 amide bonds. The van der Waals surface area contributed by atoms with Gasteiger partial charge in [0.05, 0.1) is 12.7 Å². The summed E-state index contributed by atoms with van der Waals surface area (Å²) in [6, 6.07) is 13.1. The molecule has 0 fully saturated rings. The Morgan fingerprint density at radius 3 is 2.52 bits per heavy atom. The molecule has 2 rings (SSSR count). The number of benzene rings is 2. The molecule has 0 heterocycles. The first-order valence-corrected chi connectivity index (χ1v) is 7.36.